The quantitative estimate of drug-likeness (QED) is 0.621. The van der Waals surface area contributed by atoms with Crippen LogP contribution in [0.2, 0.25) is 0 Å². The van der Waals surface area contributed by atoms with Crippen LogP contribution in [0.1, 0.15) is 37.9 Å². The van der Waals surface area contributed by atoms with Gasteiger partial charge in [-0.1, -0.05) is 6.92 Å². The summed E-state index contributed by atoms with van der Waals surface area (Å²) in [6.07, 6.45) is 4.55. The van der Waals surface area contributed by atoms with E-state index >= 15 is 0 Å². The van der Waals surface area contributed by atoms with Crippen LogP contribution in [0.3, 0.4) is 0 Å². The summed E-state index contributed by atoms with van der Waals surface area (Å²) >= 11 is 0. The summed E-state index contributed by atoms with van der Waals surface area (Å²) < 4.78 is 7.30. The number of hydrogen-bond donors (Lipinski definition) is 1. The first kappa shape index (κ1) is 14.3. The maximum atomic E-state index is 10.7. The Hall–Kier alpha value is -2.15. The molecule has 2 aromatic rings. The number of nitro groups is 1. The third-order valence-electron chi connectivity index (χ3n) is 3.02. The monoisotopic (exact) mass is 278 g/mol. The van der Waals surface area contributed by atoms with Gasteiger partial charge in [-0.15, -0.1) is 0 Å². The van der Waals surface area contributed by atoms with E-state index in [1.54, 1.807) is 12.3 Å². The van der Waals surface area contributed by atoms with Gasteiger partial charge in [-0.3, -0.25) is 10.1 Å². The molecular formula is C13H18N4O3. The third-order valence-corrected chi connectivity index (χ3v) is 3.02. The number of nitrogens with one attached hydrogen (secondary N) is 1. The zero-order valence-corrected chi connectivity index (χ0v) is 11.6. The van der Waals surface area contributed by atoms with E-state index in [4.69, 9.17) is 4.42 Å². The minimum atomic E-state index is -0.535. The normalized spacial score (nSPS) is 12.5. The number of aromatic nitrogens is 2. The summed E-state index contributed by atoms with van der Waals surface area (Å²) in [5.74, 6) is 1.05. The largest absolute Gasteiger partial charge is 0.433 e. The van der Waals surface area contributed by atoms with E-state index in [1.165, 1.54) is 6.07 Å². The summed E-state index contributed by atoms with van der Waals surface area (Å²) in [5, 5.41) is 14.0. The molecule has 2 heterocycles. The smallest absolute Gasteiger partial charge is 0.404 e. The Morgan fingerprint density at radius 1 is 1.50 bits per heavy atom. The highest BCUT2D eigenvalue weighted by Crippen LogP contribution is 2.26. The van der Waals surface area contributed by atoms with Crippen molar-refractivity contribution in [3.8, 4) is 0 Å². The first-order chi connectivity index (χ1) is 9.67. The summed E-state index contributed by atoms with van der Waals surface area (Å²) in [6, 6.07) is 2.72. The van der Waals surface area contributed by atoms with Gasteiger partial charge in [0.1, 0.15) is 22.5 Å². The summed E-state index contributed by atoms with van der Waals surface area (Å²) in [7, 11) is 0. The number of aryl methyl sites for hydroxylation is 1. The fraction of sp³-hybridized carbons (Fsp3) is 0.462. The number of imidazole rings is 1. The molecule has 0 bridgehead atoms. The lowest BCUT2D eigenvalue weighted by molar-refractivity contribution is -0.402. The second kappa shape index (κ2) is 6.33. The van der Waals surface area contributed by atoms with Crippen molar-refractivity contribution in [3.05, 3.63) is 46.2 Å². The molecule has 0 aliphatic rings. The molecule has 0 spiro atoms. The molecule has 1 N–H and O–H groups in total. The Morgan fingerprint density at radius 3 is 2.90 bits per heavy atom. The van der Waals surface area contributed by atoms with Gasteiger partial charge < -0.3 is 14.3 Å². The van der Waals surface area contributed by atoms with Crippen LogP contribution in [0.15, 0.2) is 28.9 Å². The fourth-order valence-electron chi connectivity index (χ4n) is 2.05. The molecule has 0 aliphatic heterocycles. The van der Waals surface area contributed by atoms with Gasteiger partial charge in [0.05, 0.1) is 6.07 Å². The molecule has 1 unspecified atom stereocenters. The van der Waals surface area contributed by atoms with Gasteiger partial charge in [0.25, 0.3) is 0 Å². The third kappa shape index (κ3) is 2.88. The van der Waals surface area contributed by atoms with E-state index in [0.29, 0.717) is 5.76 Å². The summed E-state index contributed by atoms with van der Waals surface area (Å²) in [6.45, 7) is 5.63. The van der Waals surface area contributed by atoms with Crippen molar-refractivity contribution in [3.63, 3.8) is 0 Å². The van der Waals surface area contributed by atoms with Crippen LogP contribution < -0.4 is 5.32 Å². The van der Waals surface area contributed by atoms with E-state index in [1.807, 2.05) is 17.7 Å². The van der Waals surface area contributed by atoms with Crippen molar-refractivity contribution in [1.82, 2.24) is 14.9 Å². The molecule has 7 nitrogen and oxygen atoms in total. The van der Waals surface area contributed by atoms with Crippen LogP contribution in [0.4, 0.5) is 5.88 Å². The molecule has 0 saturated carbocycles. The number of hydrogen-bond acceptors (Lipinski definition) is 5. The van der Waals surface area contributed by atoms with Gasteiger partial charge >= 0.3 is 5.88 Å². The van der Waals surface area contributed by atoms with Gasteiger partial charge in [-0.25, -0.2) is 4.98 Å². The Balaban J connectivity index is 2.33. The van der Waals surface area contributed by atoms with Crippen LogP contribution in [0, 0.1) is 10.1 Å². The molecule has 2 rings (SSSR count). The van der Waals surface area contributed by atoms with Crippen molar-refractivity contribution >= 4 is 5.88 Å². The lowest BCUT2D eigenvalue weighted by Crippen LogP contribution is -2.25. The van der Waals surface area contributed by atoms with E-state index in [0.717, 1.165) is 25.3 Å². The highest BCUT2D eigenvalue weighted by Gasteiger charge is 2.24. The van der Waals surface area contributed by atoms with Crippen LogP contribution in [0.25, 0.3) is 0 Å². The molecule has 7 heteroatoms. The first-order valence-electron chi connectivity index (χ1n) is 6.65. The Bertz CT molecular complexity index is 576. The van der Waals surface area contributed by atoms with Crippen molar-refractivity contribution < 1.29 is 9.34 Å². The average molecular weight is 278 g/mol. The molecule has 0 aliphatic carbocycles. The number of nitrogens with zero attached hydrogens (tertiary/aromatic N) is 3. The van der Waals surface area contributed by atoms with Crippen LogP contribution in [0.5, 0.6) is 0 Å². The van der Waals surface area contributed by atoms with Crippen molar-refractivity contribution in [2.24, 2.45) is 0 Å². The SMILES string of the molecule is CCCNC(c1ccc([N+](=O)[O-])o1)c1nccn1CC. The number of furan rings is 1. The van der Waals surface area contributed by atoms with Crippen LogP contribution >= 0.6 is 0 Å². The topological polar surface area (TPSA) is 86.1 Å². The highest BCUT2D eigenvalue weighted by molar-refractivity contribution is 5.24. The molecule has 20 heavy (non-hydrogen) atoms. The molecule has 0 amide bonds. The van der Waals surface area contributed by atoms with Crippen molar-refractivity contribution in [2.75, 3.05) is 6.54 Å². The lowest BCUT2D eigenvalue weighted by Gasteiger charge is -2.16. The highest BCUT2D eigenvalue weighted by atomic mass is 16.6. The van der Waals surface area contributed by atoms with Crippen molar-refractivity contribution in [1.29, 1.82) is 0 Å². The Labute approximate surface area is 116 Å². The molecule has 0 aromatic carbocycles. The van der Waals surface area contributed by atoms with Gasteiger partial charge in [0.15, 0.2) is 0 Å². The van der Waals surface area contributed by atoms with E-state index < -0.39 is 4.92 Å². The molecular weight excluding hydrogens is 260 g/mol. The molecule has 2 aromatic heterocycles. The van der Waals surface area contributed by atoms with Gasteiger partial charge in [-0.05, 0) is 26.0 Å². The number of rotatable bonds is 7. The zero-order valence-electron chi connectivity index (χ0n) is 11.6. The Morgan fingerprint density at radius 2 is 2.30 bits per heavy atom. The van der Waals surface area contributed by atoms with Crippen LogP contribution in [-0.2, 0) is 6.54 Å². The zero-order chi connectivity index (χ0) is 14.5. The van der Waals surface area contributed by atoms with E-state index in [9.17, 15) is 10.1 Å². The lowest BCUT2D eigenvalue weighted by atomic mass is 10.2. The molecule has 108 valence electrons. The van der Waals surface area contributed by atoms with Crippen molar-refractivity contribution in [2.45, 2.75) is 32.9 Å². The van der Waals surface area contributed by atoms with Gasteiger partial charge in [-0.2, -0.15) is 0 Å². The summed E-state index contributed by atoms with van der Waals surface area (Å²) in [5.41, 5.74) is 0. The molecule has 1 atom stereocenters. The fourth-order valence-corrected chi connectivity index (χ4v) is 2.05. The minimum absolute atomic E-state index is 0.252. The van der Waals surface area contributed by atoms with E-state index in [-0.39, 0.29) is 11.9 Å². The maximum absolute atomic E-state index is 10.7. The predicted octanol–water partition coefficient (Wildman–Crippen LogP) is 2.49. The molecule has 0 saturated heterocycles. The first-order valence-corrected chi connectivity index (χ1v) is 6.65. The minimum Gasteiger partial charge on any atom is -0.404 e. The average Bonchev–Trinajstić information content (AvgIpc) is 3.08. The predicted molar refractivity (Wildman–Crippen MR) is 73.4 cm³/mol. The second-order valence-electron chi connectivity index (χ2n) is 4.39. The molecule has 0 radical (unpaired) electrons. The molecule has 0 fully saturated rings. The van der Waals surface area contributed by atoms with E-state index in [2.05, 4.69) is 17.2 Å². The second-order valence-corrected chi connectivity index (χ2v) is 4.39. The van der Waals surface area contributed by atoms with Gasteiger partial charge in [0.2, 0.25) is 0 Å². The summed E-state index contributed by atoms with van der Waals surface area (Å²) in [4.78, 5) is 14.5. The Kier molecular flexibility index (Phi) is 4.52. The standard InChI is InChI=1S/C13H18N4O3/c1-3-7-14-12(13-15-8-9-16(13)4-2)10-5-6-11(20-10)17(18)19/h5-6,8-9,12,14H,3-4,7H2,1-2H3. The van der Waals surface area contributed by atoms with Crippen LogP contribution in [-0.4, -0.2) is 21.0 Å². The van der Waals surface area contributed by atoms with Gasteiger partial charge in [0, 0.05) is 18.9 Å². The maximum Gasteiger partial charge on any atom is 0.433 e.